The predicted octanol–water partition coefficient (Wildman–Crippen LogP) is 11.0. The molecule has 0 aliphatic carbocycles. The molecule has 5 rings (SSSR count). The van der Waals surface area contributed by atoms with Gasteiger partial charge in [0.2, 0.25) is 6.34 Å². The molecular formula is C35H43BF4N2. The number of benzene rings is 4. The molecule has 224 valence electrons. The number of rotatable bonds is 6. The highest BCUT2D eigenvalue weighted by Crippen LogP contribution is 2.40. The molecule has 42 heavy (non-hydrogen) atoms. The SMILES string of the molecule is CC(C)c1ccc2ccc(C(C)C)c(N3C=[N+](c4c(C(C)C)ccc5ccc(C(C)C)cc45)CC3)c2c1.F[B-](F)(F)F. The van der Waals surface area contributed by atoms with Crippen LogP contribution < -0.4 is 4.90 Å². The Kier molecular flexibility index (Phi) is 9.39. The summed E-state index contributed by atoms with van der Waals surface area (Å²) in [6.07, 6.45) is 2.39. The van der Waals surface area contributed by atoms with Gasteiger partial charge in [-0.3, -0.25) is 0 Å². The molecule has 0 radical (unpaired) electrons. The van der Waals surface area contributed by atoms with E-state index in [0.717, 1.165) is 13.1 Å². The minimum atomic E-state index is -6.00. The molecule has 1 aliphatic rings. The molecule has 0 atom stereocenters. The van der Waals surface area contributed by atoms with Crippen LogP contribution in [-0.2, 0) is 0 Å². The molecule has 0 spiro atoms. The van der Waals surface area contributed by atoms with Gasteiger partial charge < -0.3 is 17.3 Å². The molecule has 1 heterocycles. The lowest BCUT2D eigenvalue weighted by atomic mass is 9.92. The molecule has 4 aromatic carbocycles. The van der Waals surface area contributed by atoms with Crippen molar-refractivity contribution in [1.29, 1.82) is 0 Å². The first-order chi connectivity index (χ1) is 19.7. The monoisotopic (exact) mass is 578 g/mol. The summed E-state index contributed by atoms with van der Waals surface area (Å²) >= 11 is 0. The van der Waals surface area contributed by atoms with Crippen LogP contribution in [0, 0.1) is 0 Å². The number of nitrogens with zero attached hydrogens (tertiary/aromatic N) is 2. The van der Waals surface area contributed by atoms with Gasteiger partial charge in [-0.25, -0.2) is 9.48 Å². The molecule has 0 saturated carbocycles. The number of hydrogen-bond donors (Lipinski definition) is 0. The maximum absolute atomic E-state index is 9.75. The molecule has 7 heteroatoms. The average molecular weight is 579 g/mol. The zero-order valence-corrected chi connectivity index (χ0v) is 26.1. The number of hydrogen-bond acceptors (Lipinski definition) is 1. The van der Waals surface area contributed by atoms with E-state index in [9.17, 15) is 17.3 Å². The van der Waals surface area contributed by atoms with E-state index in [-0.39, 0.29) is 0 Å². The third kappa shape index (κ3) is 6.99. The first-order valence-electron chi connectivity index (χ1n) is 15.0. The molecular weight excluding hydrogens is 535 g/mol. The van der Waals surface area contributed by atoms with E-state index in [0.29, 0.717) is 23.7 Å². The molecule has 0 saturated heterocycles. The molecule has 4 aromatic rings. The van der Waals surface area contributed by atoms with E-state index < -0.39 is 7.25 Å². The van der Waals surface area contributed by atoms with Crippen molar-refractivity contribution < 1.29 is 21.8 Å². The van der Waals surface area contributed by atoms with Crippen molar-refractivity contribution in [3.8, 4) is 0 Å². The van der Waals surface area contributed by atoms with Gasteiger partial charge in [0.1, 0.15) is 24.5 Å². The van der Waals surface area contributed by atoms with Crippen LogP contribution in [0.1, 0.15) is 101 Å². The van der Waals surface area contributed by atoms with Crippen molar-refractivity contribution in [2.75, 3.05) is 18.0 Å². The summed E-state index contributed by atoms with van der Waals surface area (Å²) in [7, 11) is -6.00. The van der Waals surface area contributed by atoms with Gasteiger partial charge >= 0.3 is 7.25 Å². The van der Waals surface area contributed by atoms with E-state index in [1.807, 2.05) is 0 Å². The Labute approximate surface area is 248 Å². The largest absolute Gasteiger partial charge is 0.673 e. The van der Waals surface area contributed by atoms with E-state index in [1.54, 1.807) is 0 Å². The van der Waals surface area contributed by atoms with Crippen LogP contribution in [0.3, 0.4) is 0 Å². The van der Waals surface area contributed by atoms with Crippen molar-refractivity contribution in [3.63, 3.8) is 0 Å². The molecule has 0 bridgehead atoms. The predicted molar refractivity (Wildman–Crippen MR) is 173 cm³/mol. The lowest BCUT2D eigenvalue weighted by Gasteiger charge is -2.19. The van der Waals surface area contributed by atoms with Gasteiger partial charge in [-0.1, -0.05) is 104 Å². The maximum Gasteiger partial charge on any atom is 0.673 e. The topological polar surface area (TPSA) is 6.25 Å². The second-order valence-electron chi connectivity index (χ2n) is 12.6. The van der Waals surface area contributed by atoms with Gasteiger partial charge in [0.15, 0.2) is 0 Å². The van der Waals surface area contributed by atoms with Gasteiger partial charge in [0, 0.05) is 21.9 Å². The normalized spacial score (nSPS) is 14.0. The Morgan fingerprint density at radius 3 is 1.57 bits per heavy atom. The van der Waals surface area contributed by atoms with Crippen molar-refractivity contribution in [2.24, 2.45) is 0 Å². The van der Waals surface area contributed by atoms with Crippen molar-refractivity contribution in [2.45, 2.75) is 79.1 Å². The molecule has 1 aliphatic heterocycles. The smallest absolute Gasteiger partial charge is 0.418 e. The van der Waals surface area contributed by atoms with Crippen LogP contribution in [0.25, 0.3) is 21.5 Å². The van der Waals surface area contributed by atoms with Crippen LogP contribution in [0.5, 0.6) is 0 Å². The summed E-state index contributed by atoms with van der Waals surface area (Å²) in [5, 5.41) is 5.40. The van der Waals surface area contributed by atoms with Crippen LogP contribution in [-0.4, -0.2) is 31.3 Å². The summed E-state index contributed by atoms with van der Waals surface area (Å²) in [5.74, 6) is 1.95. The van der Waals surface area contributed by atoms with Crippen molar-refractivity contribution in [3.05, 3.63) is 82.9 Å². The summed E-state index contributed by atoms with van der Waals surface area (Å²) in [5.41, 5.74) is 8.43. The fourth-order valence-corrected chi connectivity index (χ4v) is 5.81. The number of fused-ring (bicyclic) bond motifs is 2. The Morgan fingerprint density at radius 2 is 1.07 bits per heavy atom. The number of anilines is 1. The lowest BCUT2D eigenvalue weighted by Crippen LogP contribution is -2.20. The van der Waals surface area contributed by atoms with E-state index in [1.165, 1.54) is 55.2 Å². The zero-order chi connectivity index (χ0) is 30.9. The van der Waals surface area contributed by atoms with Crippen LogP contribution in [0.2, 0.25) is 0 Å². The summed E-state index contributed by atoms with van der Waals surface area (Å²) in [4.78, 5) is 2.52. The Morgan fingerprint density at radius 1 is 0.619 bits per heavy atom. The number of halogens is 4. The first-order valence-corrected chi connectivity index (χ1v) is 15.0. The van der Waals surface area contributed by atoms with Gasteiger partial charge in [-0.15, -0.1) is 0 Å². The molecule has 0 fully saturated rings. The fourth-order valence-electron chi connectivity index (χ4n) is 5.81. The minimum Gasteiger partial charge on any atom is -0.418 e. The molecule has 0 N–H and O–H groups in total. The third-order valence-electron chi connectivity index (χ3n) is 8.11. The van der Waals surface area contributed by atoms with Gasteiger partial charge in [0.25, 0.3) is 0 Å². The van der Waals surface area contributed by atoms with E-state index >= 15 is 0 Å². The molecule has 0 unspecified atom stereocenters. The summed E-state index contributed by atoms with van der Waals surface area (Å²) in [6.45, 7) is 20.4. The third-order valence-corrected chi connectivity index (χ3v) is 8.11. The molecule has 2 nitrogen and oxygen atoms in total. The Hall–Kier alpha value is -3.35. The van der Waals surface area contributed by atoms with Gasteiger partial charge in [-0.05, 0) is 57.7 Å². The maximum atomic E-state index is 9.75. The second kappa shape index (κ2) is 12.5. The highest BCUT2D eigenvalue weighted by atomic mass is 19.5. The van der Waals surface area contributed by atoms with Crippen LogP contribution >= 0.6 is 0 Å². The fraction of sp³-hybridized carbons (Fsp3) is 0.400. The molecule has 0 amide bonds. The highest BCUT2D eigenvalue weighted by molar-refractivity contribution is 6.50. The second-order valence-corrected chi connectivity index (χ2v) is 12.6. The summed E-state index contributed by atoms with van der Waals surface area (Å²) in [6, 6.07) is 23.4. The van der Waals surface area contributed by atoms with Gasteiger partial charge in [0.05, 0.1) is 0 Å². The van der Waals surface area contributed by atoms with Crippen LogP contribution in [0.4, 0.5) is 28.6 Å². The lowest BCUT2D eigenvalue weighted by molar-refractivity contribution is -0.423. The van der Waals surface area contributed by atoms with Crippen molar-refractivity contribution in [1.82, 2.24) is 0 Å². The summed E-state index contributed by atoms with van der Waals surface area (Å²) < 4.78 is 41.5. The minimum absolute atomic E-state index is 0.460. The van der Waals surface area contributed by atoms with Crippen LogP contribution in [0.15, 0.2) is 60.7 Å². The zero-order valence-electron chi connectivity index (χ0n) is 26.1. The quantitative estimate of drug-likeness (QED) is 0.125. The standard InChI is InChI=1S/C35H43N2.BF4/c1-22(2)28-11-9-26-13-15-30(24(5)6)34(32(26)19-28)36-17-18-37(21-36)35-31(25(7)8)16-14-27-10-12-29(23(3)4)20-33(27)35;2-1(3,4)5/h9-16,19-25H,17-18H2,1-8H3;/q+1;-1. The van der Waals surface area contributed by atoms with E-state index in [4.69, 9.17) is 0 Å². The highest BCUT2D eigenvalue weighted by Gasteiger charge is 2.30. The Balaban J connectivity index is 0.000000748. The van der Waals surface area contributed by atoms with Crippen molar-refractivity contribution >= 4 is 46.5 Å². The average Bonchev–Trinajstić information content (AvgIpc) is 3.39. The first kappa shape index (κ1) is 31.6. The van der Waals surface area contributed by atoms with E-state index in [2.05, 4.69) is 132 Å². The Bertz CT molecular complexity index is 1590. The molecule has 0 aromatic heterocycles. The van der Waals surface area contributed by atoms with Gasteiger partial charge in [-0.2, -0.15) is 0 Å².